The topological polar surface area (TPSA) is 68.7 Å². The molecule has 0 amide bonds. The highest BCUT2D eigenvalue weighted by Gasteiger charge is 2.23. The van der Waals surface area contributed by atoms with E-state index in [1.165, 1.54) is 0 Å². The molecule has 0 aliphatic carbocycles. The highest BCUT2D eigenvalue weighted by molar-refractivity contribution is 5.79. The number of benzene rings is 1. The van der Waals surface area contributed by atoms with Gasteiger partial charge in [-0.15, -0.1) is 0 Å². The Balaban J connectivity index is 1.73. The molecule has 0 bridgehead atoms. The molecule has 6 heteroatoms. The van der Waals surface area contributed by atoms with E-state index in [4.69, 9.17) is 10.5 Å². The van der Waals surface area contributed by atoms with Crippen molar-refractivity contribution < 1.29 is 4.74 Å². The Bertz CT molecular complexity index is 863. The van der Waals surface area contributed by atoms with E-state index in [1.54, 1.807) is 6.33 Å². The van der Waals surface area contributed by atoms with Gasteiger partial charge in [-0.2, -0.15) is 5.10 Å². The van der Waals surface area contributed by atoms with Crippen molar-refractivity contribution in [2.75, 3.05) is 18.0 Å². The minimum absolute atomic E-state index is 0.223. The van der Waals surface area contributed by atoms with Crippen LogP contribution in [0.2, 0.25) is 0 Å². The summed E-state index contributed by atoms with van der Waals surface area (Å²) in [5.41, 5.74) is 11.0. The lowest BCUT2D eigenvalue weighted by Gasteiger charge is -2.36. The summed E-state index contributed by atoms with van der Waals surface area (Å²) in [7, 11) is 0. The second-order valence-corrected chi connectivity index (χ2v) is 6.70. The summed E-state index contributed by atoms with van der Waals surface area (Å²) in [6.07, 6.45) is 4.12. The molecule has 1 aromatic carbocycles. The molecule has 25 heavy (non-hydrogen) atoms. The summed E-state index contributed by atoms with van der Waals surface area (Å²) < 4.78 is 7.74. The number of hydrogen-bond donors (Lipinski definition) is 1. The quantitative estimate of drug-likeness (QED) is 0.795. The first-order valence-corrected chi connectivity index (χ1v) is 8.67. The lowest BCUT2D eigenvalue weighted by molar-refractivity contribution is -0.00521. The molecule has 0 saturated carbocycles. The third-order valence-corrected chi connectivity index (χ3v) is 4.64. The molecule has 1 saturated heterocycles. The maximum absolute atomic E-state index is 5.84. The predicted octanol–water partition coefficient (Wildman–Crippen LogP) is 2.47. The standard InChI is InChI=1S/C19H23N5O/c1-13-9-23(10-14(2)25-13)17-7-18-19(21-12-22-24(18)11-17)16-5-3-15(8-20)4-6-16/h3-7,11-14H,8-10,20H2,1-2H3/t13-,14-/m1/s1. The van der Waals surface area contributed by atoms with Crippen molar-refractivity contribution in [3.8, 4) is 11.3 Å². The van der Waals surface area contributed by atoms with Crippen molar-refractivity contribution in [3.63, 3.8) is 0 Å². The Morgan fingerprint density at radius 2 is 1.88 bits per heavy atom. The van der Waals surface area contributed by atoms with Gasteiger partial charge < -0.3 is 15.4 Å². The van der Waals surface area contributed by atoms with Gasteiger partial charge in [-0.25, -0.2) is 9.50 Å². The van der Waals surface area contributed by atoms with Crippen LogP contribution in [0, 0.1) is 0 Å². The second kappa shape index (κ2) is 6.46. The summed E-state index contributed by atoms with van der Waals surface area (Å²) in [6.45, 7) is 6.54. The first-order valence-electron chi connectivity index (χ1n) is 8.67. The number of aromatic nitrogens is 3. The molecular formula is C19H23N5O. The number of hydrogen-bond acceptors (Lipinski definition) is 5. The van der Waals surface area contributed by atoms with Crippen LogP contribution in [-0.2, 0) is 11.3 Å². The first kappa shape index (κ1) is 16.1. The average molecular weight is 337 g/mol. The molecule has 3 heterocycles. The Morgan fingerprint density at radius 3 is 2.56 bits per heavy atom. The zero-order valence-corrected chi connectivity index (χ0v) is 14.6. The van der Waals surface area contributed by atoms with Crippen LogP contribution in [0.1, 0.15) is 19.4 Å². The van der Waals surface area contributed by atoms with Gasteiger partial charge in [0.2, 0.25) is 0 Å². The Labute approximate surface area is 147 Å². The summed E-state index contributed by atoms with van der Waals surface area (Å²) in [5.74, 6) is 0. The van der Waals surface area contributed by atoms with Crippen LogP contribution in [0.4, 0.5) is 5.69 Å². The van der Waals surface area contributed by atoms with E-state index < -0.39 is 0 Å². The lowest BCUT2D eigenvalue weighted by atomic mass is 10.1. The number of fused-ring (bicyclic) bond motifs is 1. The molecule has 1 fully saturated rings. The van der Waals surface area contributed by atoms with E-state index in [0.717, 1.165) is 41.1 Å². The maximum Gasteiger partial charge on any atom is 0.137 e. The fraction of sp³-hybridized carbons (Fsp3) is 0.368. The molecule has 130 valence electrons. The zero-order chi connectivity index (χ0) is 17.4. The monoisotopic (exact) mass is 337 g/mol. The van der Waals surface area contributed by atoms with Gasteiger partial charge >= 0.3 is 0 Å². The van der Waals surface area contributed by atoms with Crippen molar-refractivity contribution >= 4 is 11.2 Å². The maximum atomic E-state index is 5.84. The smallest absolute Gasteiger partial charge is 0.137 e. The van der Waals surface area contributed by atoms with Crippen LogP contribution in [0.5, 0.6) is 0 Å². The van der Waals surface area contributed by atoms with Gasteiger partial charge in [0.15, 0.2) is 0 Å². The molecule has 2 N–H and O–H groups in total. The largest absolute Gasteiger partial charge is 0.372 e. The molecule has 1 aliphatic rings. The first-order chi connectivity index (χ1) is 12.1. The van der Waals surface area contributed by atoms with Crippen LogP contribution in [-0.4, -0.2) is 39.9 Å². The SMILES string of the molecule is C[C@@H]1CN(c2cc3c(-c4ccc(CN)cc4)ncnn3c2)C[C@@H](C)O1. The van der Waals surface area contributed by atoms with Crippen LogP contribution in [0.3, 0.4) is 0 Å². The molecule has 3 aromatic rings. The minimum atomic E-state index is 0.223. The van der Waals surface area contributed by atoms with E-state index >= 15 is 0 Å². The van der Waals surface area contributed by atoms with Crippen molar-refractivity contribution in [1.82, 2.24) is 14.6 Å². The lowest BCUT2D eigenvalue weighted by Crippen LogP contribution is -2.45. The minimum Gasteiger partial charge on any atom is -0.372 e. The van der Waals surface area contributed by atoms with E-state index in [-0.39, 0.29) is 12.2 Å². The van der Waals surface area contributed by atoms with Crippen molar-refractivity contribution in [2.45, 2.75) is 32.6 Å². The van der Waals surface area contributed by atoms with E-state index in [0.29, 0.717) is 6.54 Å². The molecule has 6 nitrogen and oxygen atoms in total. The highest BCUT2D eigenvalue weighted by atomic mass is 16.5. The predicted molar refractivity (Wildman–Crippen MR) is 98.5 cm³/mol. The van der Waals surface area contributed by atoms with E-state index in [9.17, 15) is 0 Å². The third kappa shape index (κ3) is 3.10. The fourth-order valence-electron chi connectivity index (χ4n) is 3.50. The molecule has 0 spiro atoms. The Morgan fingerprint density at radius 1 is 1.16 bits per heavy atom. The van der Waals surface area contributed by atoms with Crippen molar-refractivity contribution in [1.29, 1.82) is 0 Å². The van der Waals surface area contributed by atoms with Gasteiger partial charge in [0.05, 0.1) is 35.3 Å². The summed E-state index contributed by atoms with van der Waals surface area (Å²) in [5, 5.41) is 4.38. The number of nitrogens with two attached hydrogens (primary N) is 1. The average Bonchev–Trinajstić information content (AvgIpc) is 3.05. The Hall–Kier alpha value is -2.44. The zero-order valence-electron chi connectivity index (χ0n) is 14.6. The molecule has 0 radical (unpaired) electrons. The summed E-state index contributed by atoms with van der Waals surface area (Å²) in [6, 6.07) is 10.4. The number of nitrogens with zero attached hydrogens (tertiary/aromatic N) is 4. The molecule has 2 atom stereocenters. The second-order valence-electron chi connectivity index (χ2n) is 6.70. The van der Waals surface area contributed by atoms with Crippen LogP contribution in [0.15, 0.2) is 42.9 Å². The van der Waals surface area contributed by atoms with E-state index in [1.807, 2.05) is 16.6 Å². The number of rotatable bonds is 3. The van der Waals surface area contributed by atoms with E-state index in [2.05, 4.69) is 53.2 Å². The molecule has 1 aliphatic heterocycles. The highest BCUT2D eigenvalue weighted by Crippen LogP contribution is 2.28. The fourth-order valence-corrected chi connectivity index (χ4v) is 3.50. The number of ether oxygens (including phenoxy) is 1. The molecule has 0 unspecified atom stereocenters. The van der Waals surface area contributed by atoms with Gasteiger partial charge in [0, 0.05) is 25.2 Å². The van der Waals surface area contributed by atoms with Gasteiger partial charge in [0.1, 0.15) is 6.33 Å². The van der Waals surface area contributed by atoms with Gasteiger partial charge in [-0.1, -0.05) is 24.3 Å². The van der Waals surface area contributed by atoms with Crippen molar-refractivity contribution in [3.05, 3.63) is 48.4 Å². The summed E-state index contributed by atoms with van der Waals surface area (Å²) in [4.78, 5) is 6.87. The number of morpholine rings is 1. The van der Waals surface area contributed by atoms with Gasteiger partial charge in [-0.3, -0.25) is 0 Å². The molecular weight excluding hydrogens is 314 g/mol. The van der Waals surface area contributed by atoms with Crippen molar-refractivity contribution in [2.24, 2.45) is 5.73 Å². The third-order valence-electron chi connectivity index (χ3n) is 4.64. The number of anilines is 1. The molecule has 2 aromatic heterocycles. The Kier molecular flexibility index (Phi) is 4.15. The molecule has 4 rings (SSSR count). The van der Waals surface area contributed by atoms with Crippen LogP contribution in [0.25, 0.3) is 16.8 Å². The van der Waals surface area contributed by atoms with Gasteiger partial charge in [0.25, 0.3) is 0 Å². The van der Waals surface area contributed by atoms with Crippen LogP contribution < -0.4 is 10.6 Å². The van der Waals surface area contributed by atoms with Gasteiger partial charge in [-0.05, 0) is 25.5 Å². The summed E-state index contributed by atoms with van der Waals surface area (Å²) >= 11 is 0. The normalized spacial score (nSPS) is 21.0. The van der Waals surface area contributed by atoms with Crippen LogP contribution >= 0.6 is 0 Å².